The van der Waals surface area contributed by atoms with Gasteiger partial charge in [0.05, 0.1) is 5.52 Å². The van der Waals surface area contributed by atoms with Crippen molar-refractivity contribution in [3.63, 3.8) is 0 Å². The highest BCUT2D eigenvalue weighted by molar-refractivity contribution is 7.25. The molecule has 0 aliphatic heterocycles. The standard InChI is InChI=1S/C65H41NS/c1-3-17-40(18-4-1)42-33-35-59-56(37-42)57-39-44(34-36-60(57)67-59)62-49-26-11-13-28-51(49)64(52-29-14-12-27-50(52)62)54-31-16-30-53-63-43(21-15-32-58(63)66-65(53)54)38-55-45-22-7-9-24-47(45)61(41-19-5-2-6-20-41)48-25-10-8-23-46(48)55/h1-37,39,66H,38H2. The molecule has 0 amide bonds. The van der Waals surface area contributed by atoms with E-state index in [1.807, 2.05) is 11.3 Å². The quantitative estimate of drug-likeness (QED) is 0.160. The summed E-state index contributed by atoms with van der Waals surface area (Å²) in [7, 11) is 0. The van der Waals surface area contributed by atoms with Crippen molar-refractivity contribution in [3.8, 4) is 44.5 Å². The SMILES string of the molecule is c1ccc(-c2ccc3sc4ccc(-c5c6ccccc6c(-c6cccc7c6[nH]c6cccc(Cc8c9ccccc9c(-c9ccccc9)c9ccccc89)c67)c6ccccc56)cc4c3c2)cc1. The fourth-order valence-electron chi connectivity index (χ4n) is 11.4. The van der Waals surface area contributed by atoms with Crippen LogP contribution in [0.5, 0.6) is 0 Å². The Morgan fingerprint density at radius 2 is 0.776 bits per heavy atom. The molecule has 12 aromatic carbocycles. The van der Waals surface area contributed by atoms with Crippen LogP contribution in [0.1, 0.15) is 11.1 Å². The first-order valence-corrected chi connectivity index (χ1v) is 24.0. The molecule has 0 spiro atoms. The lowest BCUT2D eigenvalue weighted by atomic mass is 9.85. The molecule has 0 aliphatic carbocycles. The summed E-state index contributed by atoms with van der Waals surface area (Å²) in [6.07, 6.45) is 0.808. The van der Waals surface area contributed by atoms with Crippen LogP contribution >= 0.6 is 11.3 Å². The van der Waals surface area contributed by atoms with Crippen molar-refractivity contribution in [2.24, 2.45) is 0 Å². The number of benzene rings is 12. The van der Waals surface area contributed by atoms with Crippen LogP contribution in [0.4, 0.5) is 0 Å². The van der Waals surface area contributed by atoms with Gasteiger partial charge in [0.15, 0.2) is 0 Å². The van der Waals surface area contributed by atoms with Crippen molar-refractivity contribution >= 4 is 96.4 Å². The molecule has 1 nitrogen and oxygen atoms in total. The van der Waals surface area contributed by atoms with E-state index in [2.05, 4.69) is 236 Å². The number of para-hydroxylation sites is 1. The van der Waals surface area contributed by atoms with Gasteiger partial charge >= 0.3 is 0 Å². The first kappa shape index (κ1) is 38.0. The van der Waals surface area contributed by atoms with Crippen LogP contribution in [0.15, 0.2) is 231 Å². The van der Waals surface area contributed by atoms with E-state index < -0.39 is 0 Å². The van der Waals surface area contributed by atoms with Gasteiger partial charge in [0.25, 0.3) is 0 Å². The molecule has 2 aromatic heterocycles. The van der Waals surface area contributed by atoms with E-state index in [0.29, 0.717) is 0 Å². The van der Waals surface area contributed by atoms with Crippen molar-refractivity contribution in [2.45, 2.75) is 6.42 Å². The molecule has 0 bridgehead atoms. The van der Waals surface area contributed by atoms with Gasteiger partial charge in [0.1, 0.15) is 0 Å². The largest absolute Gasteiger partial charge is 0.354 e. The van der Waals surface area contributed by atoms with Crippen LogP contribution in [0.2, 0.25) is 0 Å². The predicted octanol–water partition coefficient (Wildman–Crippen LogP) is 18.6. The van der Waals surface area contributed by atoms with Crippen molar-refractivity contribution < 1.29 is 0 Å². The summed E-state index contributed by atoms with van der Waals surface area (Å²) < 4.78 is 2.62. The van der Waals surface area contributed by atoms with E-state index in [1.165, 1.54) is 135 Å². The second kappa shape index (κ2) is 15.1. The lowest BCUT2D eigenvalue weighted by Gasteiger charge is -2.18. The lowest BCUT2D eigenvalue weighted by molar-refractivity contribution is 1.26. The third kappa shape index (κ3) is 5.93. The van der Waals surface area contributed by atoms with Gasteiger partial charge in [-0.05, 0) is 130 Å². The normalized spacial score (nSPS) is 11.9. The Kier molecular flexibility index (Phi) is 8.59. The molecular weight excluding hydrogens is 827 g/mol. The molecule has 2 heteroatoms. The van der Waals surface area contributed by atoms with Gasteiger partial charge < -0.3 is 4.98 Å². The summed E-state index contributed by atoms with van der Waals surface area (Å²) in [6, 6.07) is 85.5. The van der Waals surface area contributed by atoms with Crippen molar-refractivity contribution in [2.75, 3.05) is 0 Å². The van der Waals surface area contributed by atoms with E-state index in [9.17, 15) is 0 Å². The minimum Gasteiger partial charge on any atom is -0.354 e. The number of aromatic amines is 1. The van der Waals surface area contributed by atoms with E-state index >= 15 is 0 Å². The number of fused-ring (bicyclic) bond motifs is 10. The summed E-state index contributed by atoms with van der Waals surface area (Å²) in [5, 5.41) is 15.4. The molecule has 14 aromatic rings. The van der Waals surface area contributed by atoms with Crippen molar-refractivity contribution in [3.05, 3.63) is 242 Å². The average molecular weight is 868 g/mol. The van der Waals surface area contributed by atoms with Crippen LogP contribution in [-0.2, 0) is 6.42 Å². The molecule has 1 N–H and O–H groups in total. The molecule has 14 rings (SSSR count). The molecule has 2 heterocycles. The Hall–Kier alpha value is -8.30. The van der Waals surface area contributed by atoms with Gasteiger partial charge in [0.2, 0.25) is 0 Å². The fourth-order valence-corrected chi connectivity index (χ4v) is 12.5. The number of thiophene rings is 1. The van der Waals surface area contributed by atoms with Crippen LogP contribution in [0, 0.1) is 0 Å². The Labute approximate surface area is 391 Å². The monoisotopic (exact) mass is 867 g/mol. The molecule has 0 radical (unpaired) electrons. The summed E-state index contributed by atoms with van der Waals surface area (Å²) >= 11 is 1.88. The average Bonchev–Trinajstić information content (AvgIpc) is 3.97. The maximum Gasteiger partial charge on any atom is 0.0545 e. The molecule has 0 saturated carbocycles. The second-order valence-corrected chi connectivity index (χ2v) is 19.0. The Morgan fingerprint density at radius 1 is 0.313 bits per heavy atom. The maximum absolute atomic E-state index is 4.00. The summed E-state index contributed by atoms with van der Waals surface area (Å²) in [4.78, 5) is 4.00. The van der Waals surface area contributed by atoms with E-state index in [-0.39, 0.29) is 0 Å². The number of nitrogens with one attached hydrogen (secondary N) is 1. The van der Waals surface area contributed by atoms with Gasteiger partial charge in [-0.1, -0.05) is 200 Å². The third-order valence-corrected chi connectivity index (χ3v) is 15.4. The van der Waals surface area contributed by atoms with Crippen LogP contribution in [0.3, 0.4) is 0 Å². The number of hydrogen-bond donors (Lipinski definition) is 1. The lowest BCUT2D eigenvalue weighted by Crippen LogP contribution is -1.96. The minimum absolute atomic E-state index is 0.808. The maximum atomic E-state index is 4.00. The zero-order chi connectivity index (χ0) is 44.0. The van der Waals surface area contributed by atoms with Crippen molar-refractivity contribution in [1.82, 2.24) is 4.98 Å². The third-order valence-electron chi connectivity index (χ3n) is 14.3. The minimum atomic E-state index is 0.808. The summed E-state index contributed by atoms with van der Waals surface area (Å²) in [6.45, 7) is 0. The smallest absolute Gasteiger partial charge is 0.0545 e. The van der Waals surface area contributed by atoms with Crippen LogP contribution < -0.4 is 0 Å². The molecule has 0 aliphatic rings. The van der Waals surface area contributed by atoms with Gasteiger partial charge in [-0.25, -0.2) is 0 Å². The molecule has 67 heavy (non-hydrogen) atoms. The Balaban J connectivity index is 0.960. The number of rotatable bonds is 6. The van der Waals surface area contributed by atoms with Crippen LogP contribution in [-0.4, -0.2) is 4.98 Å². The highest BCUT2D eigenvalue weighted by Crippen LogP contribution is 2.48. The van der Waals surface area contributed by atoms with Crippen LogP contribution in [0.25, 0.3) is 130 Å². The molecule has 0 atom stereocenters. The summed E-state index contributed by atoms with van der Waals surface area (Å²) in [5.74, 6) is 0. The van der Waals surface area contributed by atoms with Gasteiger partial charge in [-0.2, -0.15) is 0 Å². The zero-order valence-electron chi connectivity index (χ0n) is 36.6. The number of hydrogen-bond acceptors (Lipinski definition) is 1. The molecule has 0 fully saturated rings. The molecule has 0 saturated heterocycles. The highest BCUT2D eigenvalue weighted by atomic mass is 32.1. The van der Waals surface area contributed by atoms with Crippen molar-refractivity contribution in [1.29, 1.82) is 0 Å². The van der Waals surface area contributed by atoms with Gasteiger partial charge in [-0.3, -0.25) is 0 Å². The van der Waals surface area contributed by atoms with Gasteiger partial charge in [-0.15, -0.1) is 11.3 Å². The predicted molar refractivity (Wildman–Crippen MR) is 290 cm³/mol. The van der Waals surface area contributed by atoms with Gasteiger partial charge in [0, 0.05) is 42.0 Å². The first-order chi connectivity index (χ1) is 33.2. The Bertz CT molecular complexity index is 4170. The zero-order valence-corrected chi connectivity index (χ0v) is 37.4. The number of H-pyrrole nitrogens is 1. The fraction of sp³-hybridized carbons (Fsp3) is 0.0154. The topological polar surface area (TPSA) is 15.8 Å². The van der Waals surface area contributed by atoms with E-state index in [1.54, 1.807) is 0 Å². The highest BCUT2D eigenvalue weighted by Gasteiger charge is 2.22. The molecular formula is C65H41NS. The van der Waals surface area contributed by atoms with E-state index in [0.717, 1.165) is 11.9 Å². The van der Waals surface area contributed by atoms with E-state index in [4.69, 9.17) is 0 Å². The molecule has 312 valence electrons. The number of aromatic nitrogens is 1. The molecule has 0 unspecified atom stereocenters. The summed E-state index contributed by atoms with van der Waals surface area (Å²) in [5.41, 5.74) is 15.0. The second-order valence-electron chi connectivity index (χ2n) is 17.9. The Morgan fingerprint density at radius 3 is 1.39 bits per heavy atom. The first-order valence-electron chi connectivity index (χ1n) is 23.2.